The molecule has 1 fully saturated rings. The van der Waals surface area contributed by atoms with E-state index in [1.165, 1.54) is 11.0 Å². The second-order valence-corrected chi connectivity index (χ2v) is 4.20. The Morgan fingerprint density at radius 1 is 1.33 bits per heavy atom. The lowest BCUT2D eigenvalue weighted by atomic mass is 10.1. The van der Waals surface area contributed by atoms with Crippen LogP contribution in [0.3, 0.4) is 0 Å². The summed E-state index contributed by atoms with van der Waals surface area (Å²) in [5, 5.41) is 27.9. The topological polar surface area (TPSA) is 107 Å². The number of halogens is 1. The minimum absolute atomic E-state index is 0.0759. The summed E-state index contributed by atoms with van der Waals surface area (Å²) in [5.74, 6) is -2.16. The van der Waals surface area contributed by atoms with Gasteiger partial charge in [-0.25, -0.2) is 9.18 Å². The molecule has 6 nitrogen and oxygen atoms in total. The number of β-amino-alcohol motifs (C(OH)–C–C–N with tert-alkyl or cyclic N) is 2. The van der Waals surface area contributed by atoms with Crippen LogP contribution in [0, 0.1) is 5.82 Å². The van der Waals surface area contributed by atoms with Crippen molar-refractivity contribution in [2.24, 2.45) is 0 Å². The number of hydrogen-bond acceptors (Lipinski definition) is 5. The van der Waals surface area contributed by atoms with E-state index in [4.69, 9.17) is 10.8 Å². The van der Waals surface area contributed by atoms with Crippen molar-refractivity contribution in [3.63, 3.8) is 0 Å². The van der Waals surface area contributed by atoms with E-state index in [-0.39, 0.29) is 24.3 Å². The van der Waals surface area contributed by atoms with Gasteiger partial charge in [-0.1, -0.05) is 0 Å². The van der Waals surface area contributed by atoms with Gasteiger partial charge >= 0.3 is 5.97 Å². The number of aliphatic hydroxyl groups excluding tert-OH is 2. The molecule has 2 rings (SSSR count). The molecule has 2 atom stereocenters. The van der Waals surface area contributed by atoms with Gasteiger partial charge in [0.2, 0.25) is 0 Å². The highest BCUT2D eigenvalue weighted by Gasteiger charge is 2.32. The maximum absolute atomic E-state index is 13.3. The number of anilines is 2. The molecule has 18 heavy (non-hydrogen) atoms. The average molecular weight is 256 g/mol. The Bertz CT molecular complexity index is 484. The van der Waals surface area contributed by atoms with Crippen molar-refractivity contribution in [3.8, 4) is 0 Å². The fraction of sp³-hybridized carbons (Fsp3) is 0.364. The second-order valence-electron chi connectivity index (χ2n) is 4.20. The third kappa shape index (κ3) is 1.98. The molecular formula is C11H13FN2O4. The highest BCUT2D eigenvalue weighted by Crippen LogP contribution is 2.30. The van der Waals surface area contributed by atoms with Crippen molar-refractivity contribution in [2.45, 2.75) is 12.2 Å². The average Bonchev–Trinajstić information content (AvgIpc) is 2.62. The molecule has 0 saturated carbocycles. The fourth-order valence-corrected chi connectivity index (χ4v) is 2.04. The first-order valence-corrected chi connectivity index (χ1v) is 5.34. The number of carboxylic acids is 1. The Kier molecular flexibility index (Phi) is 3.10. The van der Waals surface area contributed by atoms with Crippen LogP contribution in [0.15, 0.2) is 12.1 Å². The summed E-state index contributed by atoms with van der Waals surface area (Å²) in [5.41, 5.74) is 4.81. The van der Waals surface area contributed by atoms with Gasteiger partial charge in [-0.05, 0) is 12.1 Å². The van der Waals surface area contributed by atoms with Crippen LogP contribution in [0.1, 0.15) is 10.4 Å². The van der Waals surface area contributed by atoms with Gasteiger partial charge in [-0.2, -0.15) is 0 Å². The number of carboxylic acid groups (broad SMARTS) is 1. The lowest BCUT2D eigenvalue weighted by molar-refractivity contribution is 0.0572. The van der Waals surface area contributed by atoms with Gasteiger partial charge in [0.1, 0.15) is 11.4 Å². The van der Waals surface area contributed by atoms with Crippen molar-refractivity contribution in [2.75, 3.05) is 23.7 Å². The number of hydrogen-bond donors (Lipinski definition) is 4. The number of benzene rings is 1. The van der Waals surface area contributed by atoms with Gasteiger partial charge in [-0.3, -0.25) is 0 Å². The second kappa shape index (κ2) is 4.43. The lowest BCUT2D eigenvalue weighted by Gasteiger charge is -2.21. The molecule has 7 heteroatoms. The quantitative estimate of drug-likeness (QED) is 0.539. The summed E-state index contributed by atoms with van der Waals surface area (Å²) < 4.78 is 13.3. The number of aromatic carboxylic acids is 1. The zero-order valence-corrected chi connectivity index (χ0v) is 9.38. The number of nitrogens with two attached hydrogens (primary N) is 1. The predicted octanol–water partition coefficient (Wildman–Crippen LogP) is -0.352. The highest BCUT2D eigenvalue weighted by molar-refractivity contribution is 6.00. The van der Waals surface area contributed by atoms with E-state index in [1.54, 1.807) is 0 Å². The molecule has 1 aliphatic rings. The standard InChI is InChI=1S/C11H13FN2O4/c12-5-1-2-6(9(10(5)13)11(17)18)14-3-7(15)8(16)4-14/h1-2,7-8,15-16H,3-4,13H2,(H,17,18). The molecule has 1 heterocycles. The largest absolute Gasteiger partial charge is 0.478 e. The van der Waals surface area contributed by atoms with E-state index in [0.29, 0.717) is 0 Å². The monoisotopic (exact) mass is 256 g/mol. The van der Waals surface area contributed by atoms with Crippen LogP contribution in [0.2, 0.25) is 0 Å². The maximum Gasteiger partial charge on any atom is 0.340 e. The lowest BCUT2D eigenvalue weighted by Crippen LogP contribution is -2.24. The smallest absolute Gasteiger partial charge is 0.340 e. The van der Waals surface area contributed by atoms with Crippen molar-refractivity contribution < 1.29 is 24.5 Å². The normalized spacial score (nSPS) is 23.4. The van der Waals surface area contributed by atoms with Crippen molar-refractivity contribution in [3.05, 3.63) is 23.5 Å². The van der Waals surface area contributed by atoms with Crippen LogP contribution in [0.25, 0.3) is 0 Å². The molecule has 1 saturated heterocycles. The molecule has 1 aromatic rings. The summed E-state index contributed by atoms with van der Waals surface area (Å²) >= 11 is 0. The van der Waals surface area contributed by atoms with Crippen molar-refractivity contribution in [1.29, 1.82) is 0 Å². The van der Waals surface area contributed by atoms with Crippen LogP contribution in [0.4, 0.5) is 15.8 Å². The summed E-state index contributed by atoms with van der Waals surface area (Å²) in [6.07, 6.45) is -1.92. The Labute approximate surface area is 102 Å². The van der Waals surface area contributed by atoms with Gasteiger partial charge in [0, 0.05) is 13.1 Å². The van der Waals surface area contributed by atoms with Gasteiger partial charge in [0.15, 0.2) is 0 Å². The van der Waals surface area contributed by atoms with E-state index < -0.39 is 29.7 Å². The Balaban J connectivity index is 2.45. The first kappa shape index (κ1) is 12.6. The van der Waals surface area contributed by atoms with E-state index >= 15 is 0 Å². The highest BCUT2D eigenvalue weighted by atomic mass is 19.1. The van der Waals surface area contributed by atoms with Gasteiger partial charge in [0.25, 0.3) is 0 Å². The number of carbonyl (C=O) groups is 1. The minimum atomic E-state index is -1.35. The fourth-order valence-electron chi connectivity index (χ4n) is 2.04. The van der Waals surface area contributed by atoms with Crippen LogP contribution in [0.5, 0.6) is 0 Å². The SMILES string of the molecule is Nc1c(F)ccc(N2CC(O)C(O)C2)c1C(=O)O. The third-order valence-corrected chi connectivity index (χ3v) is 2.98. The Morgan fingerprint density at radius 3 is 2.39 bits per heavy atom. The van der Waals surface area contributed by atoms with Crippen LogP contribution in [-0.4, -0.2) is 46.6 Å². The molecule has 1 aliphatic heterocycles. The molecule has 0 amide bonds. The predicted molar refractivity (Wildman–Crippen MR) is 62.0 cm³/mol. The van der Waals surface area contributed by atoms with Gasteiger partial charge in [-0.15, -0.1) is 0 Å². The van der Waals surface area contributed by atoms with Crippen LogP contribution in [-0.2, 0) is 0 Å². The first-order valence-electron chi connectivity index (χ1n) is 5.34. The summed E-state index contributed by atoms with van der Waals surface area (Å²) in [6, 6.07) is 2.34. The summed E-state index contributed by atoms with van der Waals surface area (Å²) in [7, 11) is 0. The van der Waals surface area contributed by atoms with E-state index in [9.17, 15) is 19.4 Å². The molecule has 0 spiro atoms. The molecule has 0 radical (unpaired) electrons. The number of rotatable bonds is 2. The van der Waals surface area contributed by atoms with Crippen molar-refractivity contribution in [1.82, 2.24) is 0 Å². The minimum Gasteiger partial charge on any atom is -0.478 e. The van der Waals surface area contributed by atoms with Gasteiger partial charge < -0.3 is 26.0 Å². The van der Waals surface area contributed by atoms with E-state index in [2.05, 4.69) is 0 Å². The number of nitrogens with zero attached hydrogens (tertiary/aromatic N) is 1. The van der Waals surface area contributed by atoms with E-state index in [0.717, 1.165) is 6.07 Å². The zero-order chi connectivity index (χ0) is 13.4. The summed E-state index contributed by atoms with van der Waals surface area (Å²) in [4.78, 5) is 12.6. The molecule has 0 aromatic heterocycles. The third-order valence-electron chi connectivity index (χ3n) is 2.98. The molecule has 0 aliphatic carbocycles. The van der Waals surface area contributed by atoms with E-state index in [1.807, 2.05) is 0 Å². The number of aliphatic hydroxyl groups is 2. The van der Waals surface area contributed by atoms with Crippen molar-refractivity contribution >= 4 is 17.3 Å². The molecule has 0 bridgehead atoms. The van der Waals surface area contributed by atoms with Crippen LogP contribution >= 0.6 is 0 Å². The molecule has 2 unspecified atom stereocenters. The summed E-state index contributed by atoms with van der Waals surface area (Å²) in [6.45, 7) is 0.152. The van der Waals surface area contributed by atoms with Crippen LogP contribution < -0.4 is 10.6 Å². The molecule has 5 N–H and O–H groups in total. The first-order chi connectivity index (χ1) is 8.41. The maximum atomic E-state index is 13.3. The number of nitrogen functional groups attached to an aromatic ring is 1. The zero-order valence-electron chi connectivity index (χ0n) is 9.38. The Morgan fingerprint density at radius 2 is 1.89 bits per heavy atom. The molecule has 98 valence electrons. The molecular weight excluding hydrogens is 243 g/mol. The molecule has 1 aromatic carbocycles. The Hall–Kier alpha value is -1.86. The van der Waals surface area contributed by atoms with Gasteiger partial charge in [0.05, 0.1) is 23.6 Å².